The van der Waals surface area contributed by atoms with Crippen LogP contribution >= 0.6 is 12.4 Å². The molecule has 3 aliphatic heterocycles. The number of hydrogen-bond acceptors (Lipinski definition) is 4. The van der Waals surface area contributed by atoms with E-state index in [1.165, 1.54) is 12.8 Å². The van der Waals surface area contributed by atoms with Crippen LogP contribution in [-0.2, 0) is 16.4 Å². The maximum Gasteiger partial charge on any atom is 0.240 e. The fourth-order valence-corrected chi connectivity index (χ4v) is 5.08. The SMILES string of the molecule is Cl.O=S(=O)(NC1CC2CCC(C1)N2)c1ccc2c(c1)CCO2. The first-order chi connectivity index (χ1) is 10.1. The number of hydrogen-bond donors (Lipinski definition) is 2. The molecule has 5 nitrogen and oxygen atoms in total. The molecule has 2 fully saturated rings. The molecule has 2 unspecified atom stereocenters. The molecular formula is C15H21ClN2O3S. The molecule has 2 N–H and O–H groups in total. The second-order valence-electron chi connectivity index (χ2n) is 6.30. The van der Waals surface area contributed by atoms with Gasteiger partial charge in [0.1, 0.15) is 5.75 Å². The summed E-state index contributed by atoms with van der Waals surface area (Å²) in [4.78, 5) is 0.359. The summed E-state index contributed by atoms with van der Waals surface area (Å²) in [5.74, 6) is 0.814. The van der Waals surface area contributed by atoms with Gasteiger partial charge >= 0.3 is 0 Å². The molecule has 2 atom stereocenters. The van der Waals surface area contributed by atoms with Crippen molar-refractivity contribution in [2.24, 2.45) is 0 Å². The van der Waals surface area contributed by atoms with Gasteiger partial charge in [-0.25, -0.2) is 13.1 Å². The quantitative estimate of drug-likeness (QED) is 0.874. The van der Waals surface area contributed by atoms with Crippen molar-refractivity contribution >= 4 is 22.4 Å². The Morgan fingerprint density at radius 3 is 2.64 bits per heavy atom. The summed E-state index contributed by atoms with van der Waals surface area (Å²) in [5.41, 5.74) is 0.989. The van der Waals surface area contributed by atoms with Crippen LogP contribution < -0.4 is 14.8 Å². The summed E-state index contributed by atoms with van der Waals surface area (Å²) in [5, 5.41) is 3.53. The third-order valence-corrected chi connectivity index (χ3v) is 6.28. The fourth-order valence-electron chi connectivity index (χ4n) is 3.77. The molecule has 4 rings (SSSR count). The normalized spacial score (nSPS) is 29.5. The van der Waals surface area contributed by atoms with E-state index in [-0.39, 0.29) is 18.4 Å². The first-order valence-corrected chi connectivity index (χ1v) is 9.12. The Balaban J connectivity index is 0.00000144. The molecule has 3 heterocycles. The van der Waals surface area contributed by atoms with Crippen LogP contribution in [0, 0.1) is 0 Å². The predicted molar refractivity (Wildman–Crippen MR) is 86.2 cm³/mol. The van der Waals surface area contributed by atoms with E-state index in [9.17, 15) is 8.42 Å². The first-order valence-electron chi connectivity index (χ1n) is 7.64. The molecule has 122 valence electrons. The Morgan fingerprint density at radius 1 is 1.18 bits per heavy atom. The maximum atomic E-state index is 12.6. The topological polar surface area (TPSA) is 67.4 Å². The van der Waals surface area contributed by atoms with E-state index in [0.717, 1.165) is 30.6 Å². The first kappa shape index (κ1) is 16.1. The van der Waals surface area contributed by atoms with Gasteiger partial charge in [-0.2, -0.15) is 0 Å². The number of halogens is 1. The zero-order valence-electron chi connectivity index (χ0n) is 12.2. The Labute approximate surface area is 137 Å². The van der Waals surface area contributed by atoms with Crippen molar-refractivity contribution in [1.82, 2.24) is 10.0 Å². The molecule has 0 amide bonds. The number of sulfonamides is 1. The van der Waals surface area contributed by atoms with Crippen molar-refractivity contribution in [1.29, 1.82) is 0 Å². The largest absolute Gasteiger partial charge is 0.493 e. The van der Waals surface area contributed by atoms with E-state index in [1.54, 1.807) is 18.2 Å². The van der Waals surface area contributed by atoms with E-state index in [4.69, 9.17) is 4.74 Å². The van der Waals surface area contributed by atoms with E-state index >= 15 is 0 Å². The third kappa shape index (κ3) is 2.97. The lowest BCUT2D eigenvalue weighted by Gasteiger charge is -2.29. The molecule has 3 aliphatic rings. The molecule has 2 saturated heterocycles. The molecule has 0 saturated carbocycles. The fraction of sp³-hybridized carbons (Fsp3) is 0.600. The Hall–Kier alpha value is -0.820. The zero-order chi connectivity index (χ0) is 14.4. The molecule has 1 aromatic rings. The summed E-state index contributed by atoms with van der Waals surface area (Å²) in [6.07, 6.45) is 4.90. The average Bonchev–Trinajstić information content (AvgIpc) is 3.04. The summed E-state index contributed by atoms with van der Waals surface area (Å²) in [6, 6.07) is 6.17. The Bertz CT molecular complexity index is 653. The molecule has 22 heavy (non-hydrogen) atoms. The third-order valence-electron chi connectivity index (χ3n) is 4.77. The van der Waals surface area contributed by atoms with Crippen LogP contribution in [0.2, 0.25) is 0 Å². The smallest absolute Gasteiger partial charge is 0.240 e. The van der Waals surface area contributed by atoms with E-state index in [2.05, 4.69) is 10.0 Å². The lowest BCUT2D eigenvalue weighted by Crippen LogP contribution is -2.47. The number of nitrogens with one attached hydrogen (secondary N) is 2. The van der Waals surface area contributed by atoms with Gasteiger partial charge in [-0.3, -0.25) is 0 Å². The number of benzene rings is 1. The van der Waals surface area contributed by atoms with Crippen molar-refractivity contribution < 1.29 is 13.2 Å². The van der Waals surface area contributed by atoms with Crippen LogP contribution in [0.25, 0.3) is 0 Å². The van der Waals surface area contributed by atoms with Gasteiger partial charge in [0.05, 0.1) is 11.5 Å². The van der Waals surface area contributed by atoms with Crippen LogP contribution in [-0.4, -0.2) is 33.2 Å². The van der Waals surface area contributed by atoms with Crippen LogP contribution in [0.5, 0.6) is 5.75 Å². The van der Waals surface area contributed by atoms with Gasteiger partial charge in [-0.1, -0.05) is 0 Å². The van der Waals surface area contributed by atoms with Crippen molar-refractivity contribution in [2.75, 3.05) is 6.61 Å². The molecule has 1 aromatic carbocycles. The lowest BCUT2D eigenvalue weighted by molar-refractivity contribution is 0.345. The Morgan fingerprint density at radius 2 is 1.91 bits per heavy atom. The van der Waals surface area contributed by atoms with Gasteiger partial charge in [0.15, 0.2) is 0 Å². The van der Waals surface area contributed by atoms with E-state index in [1.807, 2.05) is 0 Å². The minimum Gasteiger partial charge on any atom is -0.493 e. The van der Waals surface area contributed by atoms with Crippen LogP contribution in [0.3, 0.4) is 0 Å². The number of ether oxygens (including phenoxy) is 1. The van der Waals surface area contributed by atoms with E-state index in [0.29, 0.717) is 23.6 Å². The summed E-state index contributed by atoms with van der Waals surface area (Å²) < 4.78 is 33.4. The molecule has 0 radical (unpaired) electrons. The number of fused-ring (bicyclic) bond motifs is 3. The van der Waals surface area contributed by atoms with Gasteiger partial charge < -0.3 is 10.1 Å². The average molecular weight is 345 g/mol. The molecule has 0 aromatic heterocycles. The van der Waals surface area contributed by atoms with Crippen LogP contribution in [0.15, 0.2) is 23.1 Å². The van der Waals surface area contributed by atoms with Gasteiger partial charge in [0.2, 0.25) is 10.0 Å². The van der Waals surface area contributed by atoms with Crippen LogP contribution in [0.1, 0.15) is 31.2 Å². The maximum absolute atomic E-state index is 12.6. The highest BCUT2D eigenvalue weighted by Crippen LogP contribution is 2.30. The van der Waals surface area contributed by atoms with Crippen molar-refractivity contribution in [3.63, 3.8) is 0 Å². The molecule has 2 bridgehead atoms. The molecule has 7 heteroatoms. The minimum absolute atomic E-state index is 0. The number of rotatable bonds is 3. The molecule has 0 aliphatic carbocycles. The van der Waals surface area contributed by atoms with Gasteiger partial charge in [-0.05, 0) is 49.4 Å². The van der Waals surface area contributed by atoms with Gasteiger partial charge in [0, 0.05) is 24.5 Å². The molecule has 0 spiro atoms. The highest BCUT2D eigenvalue weighted by molar-refractivity contribution is 7.89. The second-order valence-corrected chi connectivity index (χ2v) is 8.01. The summed E-state index contributed by atoms with van der Waals surface area (Å²) >= 11 is 0. The molecular weight excluding hydrogens is 324 g/mol. The Kier molecular flexibility index (Phi) is 4.38. The lowest BCUT2D eigenvalue weighted by atomic mass is 10.0. The summed E-state index contributed by atoms with van der Waals surface area (Å²) in [7, 11) is -3.43. The number of piperidine rings is 1. The highest BCUT2D eigenvalue weighted by Gasteiger charge is 2.35. The predicted octanol–water partition coefficient (Wildman–Crippen LogP) is 1.60. The standard InChI is InChI=1S/C15H20N2O3S.ClH/c18-21(19,14-3-4-15-10(7-14)5-6-20-15)17-13-8-11-1-2-12(9-13)16-11;/h3-4,7,11-13,16-17H,1-2,5-6,8-9H2;1H. The monoisotopic (exact) mass is 344 g/mol. The van der Waals surface area contributed by atoms with Crippen molar-refractivity contribution in [3.8, 4) is 5.75 Å². The van der Waals surface area contributed by atoms with E-state index < -0.39 is 10.0 Å². The second kappa shape index (κ2) is 6.00. The highest BCUT2D eigenvalue weighted by atomic mass is 35.5. The minimum atomic E-state index is -3.43. The van der Waals surface area contributed by atoms with Crippen molar-refractivity contribution in [3.05, 3.63) is 23.8 Å². The van der Waals surface area contributed by atoms with Gasteiger partial charge in [-0.15, -0.1) is 12.4 Å². The van der Waals surface area contributed by atoms with Crippen molar-refractivity contribution in [2.45, 2.75) is 55.1 Å². The summed E-state index contributed by atoms with van der Waals surface area (Å²) in [6.45, 7) is 0.643. The van der Waals surface area contributed by atoms with Crippen LogP contribution in [0.4, 0.5) is 0 Å². The van der Waals surface area contributed by atoms with Gasteiger partial charge in [0.25, 0.3) is 0 Å². The zero-order valence-corrected chi connectivity index (χ0v) is 13.9.